The van der Waals surface area contributed by atoms with E-state index in [4.69, 9.17) is 0 Å². The van der Waals surface area contributed by atoms with Crippen LogP contribution >= 0.6 is 0 Å². The van der Waals surface area contributed by atoms with Crippen LogP contribution in [-0.2, 0) is 16.4 Å². The lowest BCUT2D eigenvalue weighted by atomic mass is 10.0. The monoisotopic (exact) mass is 565 g/mol. The van der Waals surface area contributed by atoms with Gasteiger partial charge >= 0.3 is 18.7 Å². The van der Waals surface area contributed by atoms with Gasteiger partial charge in [-0.25, -0.2) is 8.42 Å². The quantitative estimate of drug-likeness (QED) is 0.309. The number of hydrogen-bond acceptors (Lipinski definition) is 5. The summed E-state index contributed by atoms with van der Waals surface area (Å²) in [4.78, 5) is 1.21. The molecule has 0 radical (unpaired) electrons. The molecule has 0 aliphatic carbocycles. The number of hydrogen-bond donors (Lipinski definition) is 1. The highest BCUT2D eigenvalue weighted by molar-refractivity contribution is 7.90. The minimum atomic E-state index is -4.96. The summed E-state index contributed by atoms with van der Waals surface area (Å²) in [6.07, 6.45) is -15.5. The molecule has 0 heterocycles. The number of halogens is 7. The highest BCUT2D eigenvalue weighted by Crippen LogP contribution is 2.31. The van der Waals surface area contributed by atoms with Crippen LogP contribution in [0.3, 0.4) is 0 Å². The lowest BCUT2D eigenvalue weighted by Crippen LogP contribution is -2.41. The van der Waals surface area contributed by atoms with Gasteiger partial charge in [-0.2, -0.15) is 30.7 Å². The van der Waals surface area contributed by atoms with Gasteiger partial charge in [0, 0.05) is 18.5 Å². The molecule has 0 aliphatic heterocycles. The molecule has 3 aromatic carbocycles. The number of alkyl halides is 7. The Morgan fingerprint density at radius 3 is 2.11 bits per heavy atom. The van der Waals surface area contributed by atoms with E-state index in [0.29, 0.717) is 11.1 Å². The van der Waals surface area contributed by atoms with E-state index in [1.165, 1.54) is 54.6 Å². The summed E-state index contributed by atoms with van der Waals surface area (Å²) in [6.45, 7) is -1.26. The third kappa shape index (κ3) is 7.60. The molecular weight excluding hydrogens is 543 g/mol. The van der Waals surface area contributed by atoms with Crippen LogP contribution in [0.4, 0.5) is 36.4 Å². The van der Waals surface area contributed by atoms with E-state index in [2.05, 4.69) is 4.74 Å². The van der Waals surface area contributed by atoms with Crippen molar-refractivity contribution in [3.63, 3.8) is 0 Å². The maximum absolute atomic E-state index is 13.3. The van der Waals surface area contributed by atoms with Gasteiger partial charge in [0.15, 0.2) is 15.9 Å². The maximum Gasteiger partial charge on any atom is 0.461 e. The minimum Gasteiger partial charge on any atom is -0.428 e. The van der Waals surface area contributed by atoms with Crippen molar-refractivity contribution < 1.29 is 49.0 Å². The molecule has 1 unspecified atom stereocenters. The van der Waals surface area contributed by atoms with Crippen molar-refractivity contribution in [2.45, 2.75) is 36.3 Å². The van der Waals surface area contributed by atoms with Crippen LogP contribution in [0.2, 0.25) is 0 Å². The van der Waals surface area contributed by atoms with E-state index in [-0.39, 0.29) is 22.7 Å². The fourth-order valence-corrected chi connectivity index (χ4v) is 4.11. The van der Waals surface area contributed by atoms with Crippen LogP contribution in [0, 0.1) is 0 Å². The zero-order chi connectivity index (χ0) is 28.3. The zero-order valence-corrected chi connectivity index (χ0v) is 20.5. The number of aliphatic hydroxyl groups is 1. The minimum absolute atomic E-state index is 0.0758. The number of rotatable bonds is 10. The van der Waals surface area contributed by atoms with Gasteiger partial charge in [0.05, 0.1) is 11.4 Å². The average molecular weight is 566 g/mol. The van der Waals surface area contributed by atoms with E-state index >= 15 is 0 Å². The Labute approximate surface area is 214 Å². The van der Waals surface area contributed by atoms with Crippen LogP contribution in [-0.4, -0.2) is 51.1 Å². The first-order valence-electron chi connectivity index (χ1n) is 10.9. The molecule has 5 nitrogen and oxygen atoms in total. The van der Waals surface area contributed by atoms with Gasteiger partial charge in [0.1, 0.15) is 5.75 Å². The number of benzene rings is 3. The van der Waals surface area contributed by atoms with E-state index in [0.717, 1.165) is 23.3 Å². The highest BCUT2D eigenvalue weighted by atomic mass is 32.2. The maximum atomic E-state index is 13.3. The Balaban J connectivity index is 1.94. The lowest BCUT2D eigenvalue weighted by molar-refractivity contribution is -0.253. The van der Waals surface area contributed by atoms with Crippen LogP contribution in [0.25, 0.3) is 11.1 Å². The third-order valence-corrected chi connectivity index (χ3v) is 6.51. The van der Waals surface area contributed by atoms with Gasteiger partial charge in [0.2, 0.25) is 0 Å². The Kier molecular flexibility index (Phi) is 8.62. The summed E-state index contributed by atoms with van der Waals surface area (Å²) < 4.78 is 119. The second-order valence-electron chi connectivity index (χ2n) is 8.40. The smallest absolute Gasteiger partial charge is 0.428 e. The molecule has 0 fully saturated rings. The number of sulfone groups is 1. The molecule has 0 spiro atoms. The number of anilines is 1. The lowest BCUT2D eigenvalue weighted by Gasteiger charge is -2.29. The van der Waals surface area contributed by atoms with Gasteiger partial charge < -0.3 is 14.7 Å². The van der Waals surface area contributed by atoms with Gasteiger partial charge in [0.25, 0.3) is 0 Å². The first kappa shape index (κ1) is 29.2. The molecule has 0 aromatic heterocycles. The summed E-state index contributed by atoms with van der Waals surface area (Å²) >= 11 is 0. The SMILES string of the molecule is CS(=O)(=O)c1ccc(-c2cccc(N(Cc3cccc(OC(F)(F)C(F)F)c3)CC(O)C(F)(F)F)c2)cc1. The summed E-state index contributed by atoms with van der Waals surface area (Å²) in [5.41, 5.74) is 1.43. The van der Waals surface area contributed by atoms with E-state index in [1.54, 1.807) is 6.07 Å². The molecular formula is C25H22F7NO4S. The molecule has 0 amide bonds. The molecule has 0 bridgehead atoms. The van der Waals surface area contributed by atoms with Crippen LogP contribution < -0.4 is 9.64 Å². The Hall–Kier alpha value is -3.32. The Morgan fingerprint density at radius 1 is 0.895 bits per heavy atom. The second-order valence-corrected chi connectivity index (χ2v) is 10.4. The molecule has 13 heteroatoms. The number of aliphatic hydroxyl groups excluding tert-OH is 1. The third-order valence-electron chi connectivity index (χ3n) is 5.38. The predicted octanol–water partition coefficient (Wildman–Crippen LogP) is 5.92. The fourth-order valence-electron chi connectivity index (χ4n) is 3.48. The van der Waals surface area contributed by atoms with E-state index in [9.17, 15) is 44.3 Å². The molecule has 1 N–H and O–H groups in total. The average Bonchev–Trinajstić information content (AvgIpc) is 2.82. The molecule has 206 valence electrons. The molecule has 38 heavy (non-hydrogen) atoms. The van der Waals surface area contributed by atoms with E-state index < -0.39 is 46.9 Å². The summed E-state index contributed by atoms with van der Waals surface area (Å²) in [7, 11) is -3.45. The van der Waals surface area contributed by atoms with Crippen molar-refractivity contribution in [2.75, 3.05) is 17.7 Å². The highest BCUT2D eigenvalue weighted by Gasteiger charge is 2.44. The normalized spacial score (nSPS) is 13.4. The molecule has 1 atom stereocenters. The van der Waals surface area contributed by atoms with Crippen LogP contribution in [0.5, 0.6) is 5.75 Å². The van der Waals surface area contributed by atoms with Crippen LogP contribution in [0.1, 0.15) is 5.56 Å². The van der Waals surface area contributed by atoms with Gasteiger partial charge in [-0.05, 0) is 53.1 Å². The first-order valence-corrected chi connectivity index (χ1v) is 12.8. The van der Waals surface area contributed by atoms with Gasteiger partial charge in [-0.1, -0.05) is 36.4 Å². The van der Waals surface area contributed by atoms with Crippen molar-refractivity contribution in [1.82, 2.24) is 0 Å². The molecule has 0 aliphatic rings. The molecule has 0 saturated heterocycles. The van der Waals surface area contributed by atoms with Crippen molar-refractivity contribution in [3.05, 3.63) is 78.4 Å². The molecule has 3 aromatic rings. The Morgan fingerprint density at radius 2 is 1.53 bits per heavy atom. The summed E-state index contributed by atoms with van der Waals surface area (Å²) in [5.74, 6) is -0.621. The first-order chi connectivity index (χ1) is 17.6. The summed E-state index contributed by atoms with van der Waals surface area (Å²) in [5, 5.41) is 9.73. The zero-order valence-electron chi connectivity index (χ0n) is 19.7. The van der Waals surface area contributed by atoms with Crippen LogP contribution in [0.15, 0.2) is 77.7 Å². The molecule has 0 saturated carbocycles. The van der Waals surface area contributed by atoms with Crippen molar-refractivity contribution in [3.8, 4) is 16.9 Å². The van der Waals surface area contributed by atoms with Gasteiger partial charge in [-0.3, -0.25) is 0 Å². The number of nitrogens with zero attached hydrogens (tertiary/aromatic N) is 1. The largest absolute Gasteiger partial charge is 0.461 e. The van der Waals surface area contributed by atoms with Crippen molar-refractivity contribution in [1.29, 1.82) is 0 Å². The topological polar surface area (TPSA) is 66.8 Å². The second kappa shape index (κ2) is 11.2. The van der Waals surface area contributed by atoms with E-state index in [1.807, 2.05) is 0 Å². The Bertz CT molecular complexity index is 1350. The van der Waals surface area contributed by atoms with Crippen molar-refractivity contribution in [2.24, 2.45) is 0 Å². The number of ether oxygens (including phenoxy) is 1. The van der Waals surface area contributed by atoms with Gasteiger partial charge in [-0.15, -0.1) is 0 Å². The molecule has 3 rings (SSSR count). The predicted molar refractivity (Wildman–Crippen MR) is 126 cm³/mol. The summed E-state index contributed by atoms with van der Waals surface area (Å²) in [6, 6.07) is 16.5. The standard InChI is InChI=1S/C25H22F7NO4S/c1-38(35,36)21-10-8-17(9-11-21)18-5-3-6-19(13-18)33(15-22(34)24(28,29)30)14-16-4-2-7-20(12-16)37-25(31,32)23(26)27/h2-13,22-23,34H,14-15H2,1H3. The fraction of sp³-hybridized carbons (Fsp3) is 0.280. The van der Waals surface area contributed by atoms with Crippen molar-refractivity contribution >= 4 is 15.5 Å².